The van der Waals surface area contributed by atoms with Crippen molar-refractivity contribution in [3.05, 3.63) is 12.2 Å². The van der Waals surface area contributed by atoms with Gasteiger partial charge in [-0.15, -0.1) is 0 Å². The van der Waals surface area contributed by atoms with Crippen LogP contribution in [0.5, 0.6) is 0 Å². The number of esters is 1. The number of hydrogen-bond donors (Lipinski definition) is 2. The van der Waals surface area contributed by atoms with Crippen molar-refractivity contribution in [3.8, 4) is 0 Å². The van der Waals surface area contributed by atoms with Crippen molar-refractivity contribution in [1.82, 2.24) is 10.6 Å². The first-order chi connectivity index (χ1) is 11.8. The molecular weight excluding hydrogens is 342 g/mol. The Balaban J connectivity index is 4.86. The van der Waals surface area contributed by atoms with Gasteiger partial charge in [0.2, 0.25) is 5.96 Å². The van der Waals surface area contributed by atoms with E-state index in [0.29, 0.717) is 0 Å². The Kier molecular flexibility index (Phi) is 9.39. The molecule has 0 heterocycles. The van der Waals surface area contributed by atoms with Crippen LogP contribution in [0.1, 0.15) is 48.5 Å². The van der Waals surface area contributed by atoms with Crippen molar-refractivity contribution < 1.29 is 28.6 Å². The number of amides is 2. The van der Waals surface area contributed by atoms with Crippen LogP contribution in [0.25, 0.3) is 0 Å². The molecular formula is C17H29N3O6. The summed E-state index contributed by atoms with van der Waals surface area (Å²) >= 11 is 0. The standard InChI is InChI=1S/C17H29N3O6/c1-12(21)24-11-9-8-10-18-13(19-14(22)25-16(2,3)4)20-15(23)26-17(5,6)7/h8-9H,10-11H2,1-7H3,(H2,18,19,20,22,23)/b9-8-. The summed E-state index contributed by atoms with van der Waals surface area (Å²) in [4.78, 5) is 38.4. The van der Waals surface area contributed by atoms with E-state index in [-0.39, 0.29) is 19.1 Å². The molecule has 2 N–H and O–H groups in total. The van der Waals surface area contributed by atoms with Gasteiger partial charge in [-0.25, -0.2) is 14.6 Å². The number of nitrogens with zero attached hydrogens (tertiary/aromatic N) is 1. The number of carbonyl (C=O) groups excluding carboxylic acids is 3. The first-order valence-corrected chi connectivity index (χ1v) is 8.11. The van der Waals surface area contributed by atoms with Gasteiger partial charge in [-0.2, -0.15) is 0 Å². The fraction of sp³-hybridized carbons (Fsp3) is 0.647. The Labute approximate surface area is 154 Å². The highest BCUT2D eigenvalue weighted by molar-refractivity contribution is 6.01. The highest BCUT2D eigenvalue weighted by atomic mass is 16.6. The third-order valence-electron chi connectivity index (χ3n) is 2.14. The lowest BCUT2D eigenvalue weighted by Crippen LogP contribution is -2.47. The van der Waals surface area contributed by atoms with Crippen molar-refractivity contribution in [2.75, 3.05) is 13.2 Å². The summed E-state index contributed by atoms with van der Waals surface area (Å²) in [5.74, 6) is -0.511. The second-order valence-corrected chi connectivity index (χ2v) is 7.22. The SMILES string of the molecule is CC(=O)OC/C=C\CN=C(NC(=O)OC(C)(C)C)NC(=O)OC(C)(C)C. The lowest BCUT2D eigenvalue weighted by atomic mass is 10.2. The Bertz CT molecular complexity index is 524. The summed E-state index contributed by atoms with van der Waals surface area (Å²) in [6, 6.07) is 0. The van der Waals surface area contributed by atoms with E-state index in [2.05, 4.69) is 15.6 Å². The molecule has 9 nitrogen and oxygen atoms in total. The van der Waals surface area contributed by atoms with Crippen LogP contribution in [-0.4, -0.2) is 48.5 Å². The van der Waals surface area contributed by atoms with Crippen molar-refractivity contribution in [3.63, 3.8) is 0 Å². The molecule has 0 saturated heterocycles. The molecule has 0 aliphatic carbocycles. The van der Waals surface area contributed by atoms with Gasteiger partial charge in [-0.1, -0.05) is 6.08 Å². The fourth-order valence-electron chi connectivity index (χ4n) is 1.36. The Hall–Kier alpha value is -2.58. The average Bonchev–Trinajstić information content (AvgIpc) is 2.37. The second kappa shape index (κ2) is 10.4. The maximum atomic E-state index is 11.9. The molecule has 0 spiro atoms. The van der Waals surface area contributed by atoms with E-state index in [4.69, 9.17) is 14.2 Å². The molecule has 0 radical (unpaired) electrons. The molecule has 0 rings (SSSR count). The summed E-state index contributed by atoms with van der Waals surface area (Å²) in [5.41, 5.74) is -1.41. The molecule has 0 fully saturated rings. The van der Waals surface area contributed by atoms with Crippen LogP contribution < -0.4 is 10.6 Å². The minimum atomic E-state index is -0.767. The van der Waals surface area contributed by atoms with E-state index in [1.54, 1.807) is 53.7 Å². The zero-order valence-electron chi connectivity index (χ0n) is 16.5. The van der Waals surface area contributed by atoms with Crippen LogP contribution in [0.2, 0.25) is 0 Å². The van der Waals surface area contributed by atoms with Gasteiger partial charge in [0.1, 0.15) is 17.8 Å². The van der Waals surface area contributed by atoms with E-state index >= 15 is 0 Å². The van der Waals surface area contributed by atoms with Gasteiger partial charge in [0.15, 0.2) is 0 Å². The summed E-state index contributed by atoms with van der Waals surface area (Å²) < 4.78 is 15.0. The molecule has 2 amide bonds. The minimum Gasteiger partial charge on any atom is -0.462 e. The first-order valence-electron chi connectivity index (χ1n) is 8.11. The summed E-state index contributed by atoms with van der Waals surface area (Å²) in [5, 5.41) is 4.71. The third kappa shape index (κ3) is 15.0. The average molecular weight is 371 g/mol. The lowest BCUT2D eigenvalue weighted by Gasteiger charge is -2.22. The predicted molar refractivity (Wildman–Crippen MR) is 96.8 cm³/mol. The van der Waals surface area contributed by atoms with E-state index in [1.165, 1.54) is 6.92 Å². The van der Waals surface area contributed by atoms with E-state index in [0.717, 1.165) is 0 Å². The summed E-state index contributed by atoms with van der Waals surface area (Å²) in [6.07, 6.45) is 1.66. The zero-order valence-corrected chi connectivity index (χ0v) is 16.5. The predicted octanol–water partition coefficient (Wildman–Crippen LogP) is 2.51. The second-order valence-electron chi connectivity index (χ2n) is 7.22. The van der Waals surface area contributed by atoms with Gasteiger partial charge >= 0.3 is 18.2 Å². The zero-order chi connectivity index (χ0) is 20.4. The Morgan fingerprint density at radius 1 is 0.885 bits per heavy atom. The van der Waals surface area contributed by atoms with E-state index in [1.807, 2.05) is 0 Å². The molecule has 0 aromatic rings. The van der Waals surface area contributed by atoms with Crippen molar-refractivity contribution >= 4 is 24.1 Å². The van der Waals surface area contributed by atoms with Crippen LogP contribution >= 0.6 is 0 Å². The monoisotopic (exact) mass is 371 g/mol. The van der Waals surface area contributed by atoms with Crippen LogP contribution in [0.15, 0.2) is 17.1 Å². The maximum Gasteiger partial charge on any atom is 0.414 e. The fourth-order valence-corrected chi connectivity index (χ4v) is 1.36. The smallest absolute Gasteiger partial charge is 0.414 e. The van der Waals surface area contributed by atoms with E-state index < -0.39 is 29.4 Å². The molecule has 0 aromatic carbocycles. The normalized spacial score (nSPS) is 11.5. The van der Waals surface area contributed by atoms with Gasteiger partial charge < -0.3 is 14.2 Å². The van der Waals surface area contributed by atoms with Crippen LogP contribution in [0, 0.1) is 0 Å². The van der Waals surface area contributed by atoms with Gasteiger partial charge in [-0.3, -0.25) is 15.4 Å². The highest BCUT2D eigenvalue weighted by Gasteiger charge is 2.20. The van der Waals surface area contributed by atoms with E-state index in [9.17, 15) is 14.4 Å². The van der Waals surface area contributed by atoms with Crippen LogP contribution in [0.4, 0.5) is 9.59 Å². The number of rotatable bonds is 4. The van der Waals surface area contributed by atoms with Gasteiger partial charge in [0, 0.05) is 6.92 Å². The Morgan fingerprint density at radius 3 is 1.73 bits per heavy atom. The maximum absolute atomic E-state index is 11.9. The summed E-state index contributed by atoms with van der Waals surface area (Å²) in [6.45, 7) is 11.8. The van der Waals surface area contributed by atoms with Gasteiger partial charge in [0.05, 0.1) is 6.54 Å². The summed E-state index contributed by atoms with van der Waals surface area (Å²) in [7, 11) is 0. The lowest BCUT2D eigenvalue weighted by molar-refractivity contribution is -0.139. The molecule has 0 aliphatic rings. The quantitative estimate of drug-likeness (QED) is 0.258. The highest BCUT2D eigenvalue weighted by Crippen LogP contribution is 2.07. The third-order valence-corrected chi connectivity index (χ3v) is 2.14. The molecule has 9 heteroatoms. The molecule has 26 heavy (non-hydrogen) atoms. The number of hydrogen-bond acceptors (Lipinski definition) is 7. The largest absolute Gasteiger partial charge is 0.462 e. The molecule has 148 valence electrons. The number of aliphatic imine (C=N–C) groups is 1. The topological polar surface area (TPSA) is 115 Å². The van der Waals surface area contributed by atoms with Crippen LogP contribution in [-0.2, 0) is 19.0 Å². The molecule has 0 unspecified atom stereocenters. The van der Waals surface area contributed by atoms with Crippen LogP contribution in [0.3, 0.4) is 0 Å². The number of guanidine groups is 1. The number of ether oxygens (including phenoxy) is 3. The molecule has 0 aliphatic heterocycles. The van der Waals surface area contributed by atoms with Gasteiger partial charge in [-0.05, 0) is 47.6 Å². The van der Waals surface area contributed by atoms with Crippen molar-refractivity contribution in [2.24, 2.45) is 4.99 Å². The first kappa shape index (κ1) is 23.4. The molecule has 0 bridgehead atoms. The van der Waals surface area contributed by atoms with Gasteiger partial charge in [0.25, 0.3) is 0 Å². The van der Waals surface area contributed by atoms with Crippen molar-refractivity contribution in [2.45, 2.75) is 59.7 Å². The minimum absolute atomic E-state index is 0.110. The number of carbonyl (C=O) groups is 3. The molecule has 0 atom stereocenters. The number of alkyl carbamates (subject to hydrolysis) is 2. The number of nitrogens with one attached hydrogen (secondary N) is 2. The Morgan fingerprint density at radius 2 is 1.35 bits per heavy atom. The van der Waals surface area contributed by atoms with Crippen molar-refractivity contribution in [1.29, 1.82) is 0 Å². The molecule has 0 saturated carbocycles. The molecule has 0 aromatic heterocycles.